The first kappa shape index (κ1) is 34.5. The van der Waals surface area contributed by atoms with Crippen LogP contribution in [0.3, 0.4) is 0 Å². The maximum atomic E-state index is 13.2. The summed E-state index contributed by atoms with van der Waals surface area (Å²) in [5.41, 5.74) is 0.739. The molecule has 0 amide bonds. The third kappa shape index (κ3) is 8.58. The number of nitrogen functional groups attached to an aromatic ring is 1. The number of esters is 2. The second kappa shape index (κ2) is 14.2. The summed E-state index contributed by atoms with van der Waals surface area (Å²) in [5.74, 6) is -3.30. The highest BCUT2D eigenvalue weighted by Crippen LogP contribution is 2.42. The number of methoxy groups -OCH3 is 2. The fraction of sp³-hybridized carbons (Fsp3) is 0.143. The van der Waals surface area contributed by atoms with E-state index in [1.165, 1.54) is 42.9 Å². The number of aromatic nitrogens is 2. The number of alkyl halides is 6. The minimum absolute atomic E-state index is 0.0346. The molecular weight excluding hydrogens is 634 g/mol. The number of rotatable bonds is 7. The Balaban J connectivity index is 0.000000251. The van der Waals surface area contributed by atoms with Crippen LogP contribution in [0.15, 0.2) is 73.3 Å². The molecule has 0 spiro atoms. The Kier molecular flexibility index (Phi) is 10.7. The summed E-state index contributed by atoms with van der Waals surface area (Å²) in [6, 6.07) is 8.09. The monoisotopic (exact) mass is 654 g/mol. The average molecular weight is 654 g/mol. The number of carbonyl (C=O) groups is 2. The van der Waals surface area contributed by atoms with E-state index in [9.17, 15) is 46.0 Å². The number of halogens is 6. The van der Waals surface area contributed by atoms with E-state index in [0.717, 1.165) is 26.5 Å². The minimum Gasteiger partial charge on any atom is -0.465 e. The molecule has 0 radical (unpaired) electrons. The fourth-order valence-corrected chi connectivity index (χ4v) is 3.56. The minimum atomic E-state index is -4.93. The van der Waals surface area contributed by atoms with Crippen LogP contribution < -0.4 is 15.2 Å². The molecule has 12 nitrogen and oxygen atoms in total. The SMILES string of the molecule is COC(=O)c1cc(Oc2cccnc2)c(C(F)(F)F)cc1N.COC(=O)c1cc(Oc2cccnc2)c(C(F)(F)F)cc1[N+](=O)[O-]. The number of nitro benzene ring substituents is 1. The first-order valence-corrected chi connectivity index (χ1v) is 12.3. The molecule has 0 aliphatic carbocycles. The summed E-state index contributed by atoms with van der Waals surface area (Å²) in [7, 11) is 2.05. The third-order valence-corrected chi connectivity index (χ3v) is 5.59. The molecule has 0 saturated carbocycles. The predicted octanol–water partition coefficient (Wildman–Crippen LogP) is 6.85. The van der Waals surface area contributed by atoms with Crippen LogP contribution in [-0.4, -0.2) is 41.0 Å². The Morgan fingerprint density at radius 2 is 1.20 bits per heavy atom. The Morgan fingerprint density at radius 3 is 1.59 bits per heavy atom. The zero-order chi connectivity index (χ0) is 34.2. The molecule has 46 heavy (non-hydrogen) atoms. The van der Waals surface area contributed by atoms with E-state index in [-0.39, 0.29) is 28.8 Å². The second-order valence-electron chi connectivity index (χ2n) is 8.62. The number of hydrogen-bond acceptors (Lipinski definition) is 11. The Hall–Kier alpha value is -5.94. The van der Waals surface area contributed by atoms with Gasteiger partial charge in [-0.1, -0.05) is 0 Å². The normalized spacial score (nSPS) is 11.0. The van der Waals surface area contributed by atoms with Crippen molar-refractivity contribution in [3.05, 3.63) is 106 Å². The number of nitrogens with zero attached hydrogens (tertiary/aromatic N) is 3. The van der Waals surface area contributed by atoms with Crippen molar-refractivity contribution in [1.82, 2.24) is 9.97 Å². The molecule has 0 aliphatic rings. The number of anilines is 1. The van der Waals surface area contributed by atoms with E-state index in [0.29, 0.717) is 12.1 Å². The molecule has 0 fully saturated rings. The van der Waals surface area contributed by atoms with Gasteiger partial charge in [-0.05, 0) is 36.4 Å². The van der Waals surface area contributed by atoms with Gasteiger partial charge in [0.05, 0.1) is 37.1 Å². The Labute approximate surface area is 254 Å². The van der Waals surface area contributed by atoms with Gasteiger partial charge in [0.2, 0.25) is 0 Å². The van der Waals surface area contributed by atoms with Crippen LogP contribution in [0.25, 0.3) is 0 Å². The number of pyridine rings is 2. The van der Waals surface area contributed by atoms with Gasteiger partial charge < -0.3 is 24.7 Å². The van der Waals surface area contributed by atoms with Crippen LogP contribution in [-0.2, 0) is 21.8 Å². The van der Waals surface area contributed by atoms with Crippen LogP contribution >= 0.6 is 0 Å². The van der Waals surface area contributed by atoms with Gasteiger partial charge in [-0.15, -0.1) is 0 Å². The molecule has 0 saturated heterocycles. The van der Waals surface area contributed by atoms with Gasteiger partial charge in [0, 0.05) is 30.2 Å². The maximum absolute atomic E-state index is 13.2. The van der Waals surface area contributed by atoms with E-state index in [1.807, 2.05) is 0 Å². The fourth-order valence-electron chi connectivity index (χ4n) is 3.56. The van der Waals surface area contributed by atoms with Crippen molar-refractivity contribution in [3.8, 4) is 23.0 Å². The van der Waals surface area contributed by atoms with Crippen molar-refractivity contribution in [2.45, 2.75) is 12.4 Å². The van der Waals surface area contributed by atoms with Gasteiger partial charge in [-0.2, -0.15) is 26.3 Å². The lowest BCUT2D eigenvalue weighted by molar-refractivity contribution is -0.385. The molecule has 2 heterocycles. The highest BCUT2D eigenvalue weighted by atomic mass is 19.4. The first-order valence-electron chi connectivity index (χ1n) is 12.3. The quantitative estimate of drug-likeness (QED) is 0.0728. The second-order valence-corrected chi connectivity index (χ2v) is 8.62. The van der Waals surface area contributed by atoms with E-state index < -0.39 is 63.1 Å². The zero-order valence-corrected chi connectivity index (χ0v) is 23.4. The number of nitrogens with two attached hydrogens (primary N) is 1. The zero-order valence-electron chi connectivity index (χ0n) is 23.4. The van der Waals surface area contributed by atoms with Gasteiger partial charge in [-0.25, -0.2) is 9.59 Å². The van der Waals surface area contributed by atoms with Crippen molar-refractivity contribution in [2.75, 3.05) is 20.0 Å². The lowest BCUT2D eigenvalue weighted by Crippen LogP contribution is -2.12. The van der Waals surface area contributed by atoms with Gasteiger partial charge in [0.15, 0.2) is 0 Å². The summed E-state index contributed by atoms with van der Waals surface area (Å²) in [6.07, 6.45) is -4.40. The molecule has 4 rings (SSSR count). The molecule has 2 aromatic carbocycles. The van der Waals surface area contributed by atoms with Gasteiger partial charge in [0.25, 0.3) is 5.69 Å². The lowest BCUT2D eigenvalue weighted by atomic mass is 10.1. The van der Waals surface area contributed by atoms with Gasteiger partial charge >= 0.3 is 24.3 Å². The molecule has 242 valence electrons. The average Bonchev–Trinajstić information content (AvgIpc) is 3.01. The van der Waals surface area contributed by atoms with Crippen LogP contribution in [0.4, 0.5) is 37.7 Å². The van der Waals surface area contributed by atoms with Gasteiger partial charge in [0.1, 0.15) is 39.7 Å². The van der Waals surface area contributed by atoms with Crippen LogP contribution in [0.1, 0.15) is 31.8 Å². The maximum Gasteiger partial charge on any atom is 0.420 e. The van der Waals surface area contributed by atoms with Crippen molar-refractivity contribution in [1.29, 1.82) is 0 Å². The Bertz CT molecular complexity index is 1720. The molecular formula is C28H20F6N4O8. The first-order chi connectivity index (χ1) is 21.6. The number of hydrogen-bond donors (Lipinski definition) is 1. The molecule has 0 atom stereocenters. The number of carbonyl (C=O) groups excluding carboxylic acids is 2. The Morgan fingerprint density at radius 1 is 0.761 bits per heavy atom. The van der Waals surface area contributed by atoms with Crippen molar-refractivity contribution >= 4 is 23.3 Å². The predicted molar refractivity (Wildman–Crippen MR) is 145 cm³/mol. The molecule has 0 unspecified atom stereocenters. The van der Waals surface area contributed by atoms with Gasteiger partial charge in [-0.3, -0.25) is 20.1 Å². The summed E-state index contributed by atoms with van der Waals surface area (Å²) < 4.78 is 97.9. The summed E-state index contributed by atoms with van der Waals surface area (Å²) in [5, 5.41) is 11.0. The molecule has 4 aromatic rings. The van der Waals surface area contributed by atoms with Crippen LogP contribution in [0.2, 0.25) is 0 Å². The van der Waals surface area contributed by atoms with E-state index in [2.05, 4.69) is 19.4 Å². The number of benzene rings is 2. The number of ether oxygens (including phenoxy) is 4. The summed E-state index contributed by atoms with van der Waals surface area (Å²) in [6.45, 7) is 0. The van der Waals surface area contributed by atoms with E-state index in [1.54, 1.807) is 0 Å². The van der Waals surface area contributed by atoms with Crippen LogP contribution in [0.5, 0.6) is 23.0 Å². The summed E-state index contributed by atoms with van der Waals surface area (Å²) in [4.78, 5) is 40.5. The van der Waals surface area contributed by atoms with Crippen molar-refractivity contribution in [2.24, 2.45) is 0 Å². The summed E-state index contributed by atoms with van der Waals surface area (Å²) >= 11 is 0. The smallest absolute Gasteiger partial charge is 0.420 e. The third-order valence-electron chi connectivity index (χ3n) is 5.59. The molecule has 0 aliphatic heterocycles. The molecule has 18 heteroatoms. The molecule has 0 bridgehead atoms. The largest absolute Gasteiger partial charge is 0.465 e. The topological polar surface area (TPSA) is 166 Å². The highest BCUT2D eigenvalue weighted by molar-refractivity contribution is 5.96. The molecule has 2 aromatic heterocycles. The van der Waals surface area contributed by atoms with Crippen LogP contribution in [0, 0.1) is 10.1 Å². The number of nitro groups is 1. The standard InChI is InChI=1S/C14H9F3N2O5.C14H11F3N2O3/c1-23-13(20)9-5-12(24-8-3-2-4-18-7-8)10(14(15,16)17)6-11(9)19(21)22;1-21-13(20)9-5-12(22-8-3-2-4-19-7-8)10(6-11(9)18)14(15,16)17/h2-7H,1H3;2-7H,18H2,1H3. The van der Waals surface area contributed by atoms with E-state index >= 15 is 0 Å². The molecule has 2 N–H and O–H groups in total. The lowest BCUT2D eigenvalue weighted by Gasteiger charge is -2.16. The van der Waals surface area contributed by atoms with Crippen molar-refractivity contribution in [3.63, 3.8) is 0 Å². The van der Waals surface area contributed by atoms with E-state index in [4.69, 9.17) is 15.2 Å². The van der Waals surface area contributed by atoms with Crippen molar-refractivity contribution < 1.29 is 59.8 Å². The highest BCUT2D eigenvalue weighted by Gasteiger charge is 2.39.